The monoisotopic (exact) mass is 502 g/mol. The fourth-order valence-corrected chi connectivity index (χ4v) is 3.98. The average Bonchev–Trinajstić information content (AvgIpc) is 2.77. The normalized spacial score (nSPS) is 12.6. The molecule has 2 unspecified atom stereocenters. The third-order valence-corrected chi connectivity index (χ3v) is 6.26. The van der Waals surface area contributed by atoms with Crippen molar-refractivity contribution in [1.82, 2.24) is 9.97 Å². The Labute approximate surface area is 194 Å². The van der Waals surface area contributed by atoms with Gasteiger partial charge in [0.05, 0.1) is 12.0 Å². The molecular weight excluding hydrogens is 476 g/mol. The van der Waals surface area contributed by atoms with E-state index in [4.69, 9.17) is 32.2 Å². The van der Waals surface area contributed by atoms with Crippen LogP contribution in [0.3, 0.4) is 0 Å². The van der Waals surface area contributed by atoms with Crippen molar-refractivity contribution >= 4 is 45.2 Å². The number of anilines is 2. The number of benzene rings is 1. The van der Waals surface area contributed by atoms with E-state index in [1.165, 1.54) is 55.5 Å². The maximum atomic E-state index is 12.1. The van der Waals surface area contributed by atoms with Crippen molar-refractivity contribution < 1.29 is 33.0 Å². The largest absolute Gasteiger partial charge is 0.480 e. The van der Waals surface area contributed by atoms with Crippen LogP contribution in [-0.4, -0.2) is 71.2 Å². The van der Waals surface area contributed by atoms with Gasteiger partial charge >= 0.3 is 11.9 Å². The third kappa shape index (κ3) is 9.90. The summed E-state index contributed by atoms with van der Waals surface area (Å²) in [4.78, 5) is 28.4. The number of carbonyl (C=O) groups is 2. The molecule has 1 aromatic heterocycles. The molecule has 13 nitrogen and oxygen atoms in total. The summed E-state index contributed by atoms with van der Waals surface area (Å²) in [6, 6.07) is 4.02. The molecule has 1 aromatic carbocycles. The molecular formula is C18H26N6O7S2. The Bertz CT molecular complexity index is 999. The summed E-state index contributed by atoms with van der Waals surface area (Å²) in [5.41, 5.74) is 16.5. The summed E-state index contributed by atoms with van der Waals surface area (Å²) in [6.45, 7) is 0. The molecule has 1 heterocycles. The van der Waals surface area contributed by atoms with E-state index >= 15 is 0 Å². The summed E-state index contributed by atoms with van der Waals surface area (Å²) in [7, 11) is -2.37. The number of aromatic nitrogens is 2. The second kappa shape index (κ2) is 13.4. The molecule has 9 N–H and O–H groups in total. The lowest BCUT2D eigenvalue weighted by Gasteiger charge is -2.09. The minimum atomic E-state index is -3.75. The van der Waals surface area contributed by atoms with Crippen molar-refractivity contribution in [2.75, 3.05) is 29.1 Å². The van der Waals surface area contributed by atoms with E-state index in [1.807, 2.05) is 0 Å². The van der Waals surface area contributed by atoms with Crippen molar-refractivity contribution in [3.05, 3.63) is 36.7 Å². The number of hydrogen-bond acceptors (Lipinski definition) is 11. The summed E-state index contributed by atoms with van der Waals surface area (Å²) in [5.74, 6) is -1.22. The molecule has 2 aromatic rings. The molecule has 0 fully saturated rings. The molecule has 0 aliphatic heterocycles. The number of hydrogen-bond donors (Lipinski definition) is 6. The van der Waals surface area contributed by atoms with Gasteiger partial charge in [-0.15, -0.1) is 0 Å². The van der Waals surface area contributed by atoms with Crippen LogP contribution >= 0.6 is 11.8 Å². The van der Waals surface area contributed by atoms with Gasteiger partial charge in [0.25, 0.3) is 15.9 Å². The van der Waals surface area contributed by atoms with Crippen LogP contribution in [0.1, 0.15) is 6.42 Å². The van der Waals surface area contributed by atoms with E-state index in [-0.39, 0.29) is 22.3 Å². The number of methoxy groups -OCH3 is 1. The smallest absolute Gasteiger partial charge is 0.321 e. The topological polar surface area (TPSA) is 234 Å². The number of carboxylic acid groups (broad SMARTS) is 2. The predicted molar refractivity (Wildman–Crippen MR) is 123 cm³/mol. The van der Waals surface area contributed by atoms with E-state index in [0.29, 0.717) is 17.9 Å². The van der Waals surface area contributed by atoms with Gasteiger partial charge in [0.2, 0.25) is 5.82 Å². The Kier molecular flexibility index (Phi) is 11.3. The van der Waals surface area contributed by atoms with E-state index in [2.05, 4.69) is 14.7 Å². The van der Waals surface area contributed by atoms with Gasteiger partial charge < -0.3 is 32.2 Å². The van der Waals surface area contributed by atoms with Crippen molar-refractivity contribution in [2.24, 2.45) is 11.5 Å². The Morgan fingerprint density at radius 2 is 1.67 bits per heavy atom. The van der Waals surface area contributed by atoms with Crippen molar-refractivity contribution in [2.45, 2.75) is 23.4 Å². The van der Waals surface area contributed by atoms with Gasteiger partial charge in [0.15, 0.2) is 0 Å². The molecule has 0 aliphatic rings. The summed E-state index contributed by atoms with van der Waals surface area (Å²) >= 11 is 1.29. The second-order valence-corrected chi connectivity index (χ2v) is 9.17. The zero-order valence-electron chi connectivity index (χ0n) is 17.6. The van der Waals surface area contributed by atoms with Crippen LogP contribution in [0.4, 0.5) is 11.5 Å². The first-order valence-electron chi connectivity index (χ1n) is 9.25. The lowest BCUT2D eigenvalue weighted by atomic mass is 10.2. The van der Waals surface area contributed by atoms with Crippen molar-refractivity contribution in [3.8, 4) is 5.88 Å². The lowest BCUT2D eigenvalue weighted by Crippen LogP contribution is -2.33. The summed E-state index contributed by atoms with van der Waals surface area (Å²) in [5, 5.41) is 16.8. The van der Waals surface area contributed by atoms with Crippen LogP contribution in [0.15, 0.2) is 41.6 Å². The molecule has 0 bridgehead atoms. The number of carboxylic acids is 2. The van der Waals surface area contributed by atoms with E-state index < -0.39 is 34.0 Å². The molecule has 182 valence electrons. The van der Waals surface area contributed by atoms with Crippen LogP contribution in [0.2, 0.25) is 0 Å². The maximum absolute atomic E-state index is 12.1. The number of nitrogens with zero attached hydrogens (tertiary/aromatic N) is 2. The number of rotatable bonds is 11. The van der Waals surface area contributed by atoms with Gasteiger partial charge in [0.1, 0.15) is 12.1 Å². The SMILES string of the molecule is COc1nccnc1NS(=O)(=O)c1ccc(N)cc1.NC(CCSCC(N)C(=O)O)C(=O)O. The Balaban J connectivity index is 0.000000349. The van der Waals surface area contributed by atoms with Gasteiger partial charge in [-0.05, 0) is 36.4 Å². The minimum absolute atomic E-state index is 0.0295. The second-order valence-electron chi connectivity index (χ2n) is 6.34. The molecule has 33 heavy (non-hydrogen) atoms. The van der Waals surface area contributed by atoms with Gasteiger partial charge in [0, 0.05) is 23.8 Å². The Morgan fingerprint density at radius 1 is 1.09 bits per heavy atom. The number of nitrogen functional groups attached to an aromatic ring is 1. The number of nitrogens with one attached hydrogen (secondary N) is 1. The number of aliphatic carboxylic acids is 2. The number of thioether (sulfide) groups is 1. The zero-order chi connectivity index (χ0) is 25.0. The molecule has 0 aliphatic carbocycles. The highest BCUT2D eigenvalue weighted by atomic mass is 32.2. The van der Waals surface area contributed by atoms with Crippen LogP contribution in [0.25, 0.3) is 0 Å². The first kappa shape index (κ1) is 27.9. The molecule has 15 heteroatoms. The quantitative estimate of drug-likeness (QED) is 0.173. The standard InChI is InChI=1S/C11H12N4O3S.C7H14N2O4S/c1-18-11-10(13-6-7-14-11)15-19(16,17)9-4-2-8(12)3-5-9;8-4(6(10)11)1-2-14-3-5(9)7(12)13/h2-7H,12H2,1H3,(H,13,15);4-5H,1-3,8-9H2,(H,10,11)(H,12,13). The fourth-order valence-electron chi connectivity index (χ4n) is 1.99. The maximum Gasteiger partial charge on any atom is 0.321 e. The van der Waals surface area contributed by atoms with Crippen LogP contribution in [0, 0.1) is 0 Å². The Morgan fingerprint density at radius 3 is 2.21 bits per heavy atom. The number of ether oxygens (including phenoxy) is 1. The van der Waals surface area contributed by atoms with E-state index in [9.17, 15) is 18.0 Å². The first-order valence-corrected chi connectivity index (χ1v) is 11.9. The summed E-state index contributed by atoms with van der Waals surface area (Å²) < 4.78 is 31.4. The minimum Gasteiger partial charge on any atom is -0.480 e. The molecule has 0 radical (unpaired) electrons. The van der Waals surface area contributed by atoms with Crippen LogP contribution in [-0.2, 0) is 19.6 Å². The highest BCUT2D eigenvalue weighted by Gasteiger charge is 2.17. The fraction of sp³-hybridized carbons (Fsp3) is 0.333. The molecule has 0 amide bonds. The highest BCUT2D eigenvalue weighted by Crippen LogP contribution is 2.21. The molecule has 0 saturated heterocycles. The highest BCUT2D eigenvalue weighted by molar-refractivity contribution is 7.99. The molecule has 2 rings (SSSR count). The number of nitrogens with two attached hydrogens (primary N) is 3. The number of sulfonamides is 1. The predicted octanol–water partition coefficient (Wildman–Crippen LogP) is -0.198. The summed E-state index contributed by atoms with van der Waals surface area (Å²) in [6.07, 6.45) is 3.08. The van der Waals surface area contributed by atoms with E-state index in [1.54, 1.807) is 0 Å². The van der Waals surface area contributed by atoms with Gasteiger partial charge in [-0.1, -0.05) is 0 Å². The van der Waals surface area contributed by atoms with Crippen molar-refractivity contribution in [1.29, 1.82) is 0 Å². The third-order valence-electron chi connectivity index (χ3n) is 3.78. The van der Waals surface area contributed by atoms with Crippen LogP contribution in [0.5, 0.6) is 5.88 Å². The Hall–Kier alpha value is -3.14. The zero-order valence-corrected chi connectivity index (χ0v) is 19.3. The van der Waals surface area contributed by atoms with Gasteiger partial charge in [-0.3, -0.25) is 14.3 Å². The van der Waals surface area contributed by atoms with Gasteiger partial charge in [-0.2, -0.15) is 11.8 Å². The molecule has 2 atom stereocenters. The molecule has 0 spiro atoms. The average molecular weight is 503 g/mol. The lowest BCUT2D eigenvalue weighted by molar-refractivity contribution is -0.139. The first-order chi connectivity index (χ1) is 15.5. The van der Waals surface area contributed by atoms with Gasteiger partial charge in [-0.25, -0.2) is 18.4 Å². The van der Waals surface area contributed by atoms with Crippen molar-refractivity contribution in [3.63, 3.8) is 0 Å². The van der Waals surface area contributed by atoms with Crippen LogP contribution < -0.4 is 26.7 Å². The molecule has 0 saturated carbocycles. The van der Waals surface area contributed by atoms with E-state index in [0.717, 1.165) is 0 Å².